The molecular weight excluding hydrogens is 252 g/mol. The third-order valence-corrected chi connectivity index (χ3v) is 3.06. The van der Waals surface area contributed by atoms with Crippen molar-refractivity contribution in [3.05, 3.63) is 29.5 Å². The summed E-state index contributed by atoms with van der Waals surface area (Å²) in [6.45, 7) is 0.606. The molecule has 1 unspecified atom stereocenters. The summed E-state index contributed by atoms with van der Waals surface area (Å²) in [6.07, 6.45) is 0.454. The Kier molecular flexibility index (Phi) is 2.76. The van der Waals surface area contributed by atoms with E-state index >= 15 is 0 Å². The van der Waals surface area contributed by atoms with Gasteiger partial charge in [0.25, 0.3) is 0 Å². The topological polar surface area (TPSA) is 66.9 Å². The lowest BCUT2D eigenvalue weighted by Gasteiger charge is -2.13. The van der Waals surface area contributed by atoms with Crippen LogP contribution >= 0.6 is 11.6 Å². The lowest BCUT2D eigenvalue weighted by atomic mass is 10.2. The highest BCUT2D eigenvalue weighted by Crippen LogP contribution is 2.23. The average molecular weight is 263 g/mol. The van der Waals surface area contributed by atoms with E-state index in [0.717, 1.165) is 10.9 Å². The third kappa shape index (κ3) is 2.09. The predicted octanol–water partition coefficient (Wildman–Crippen LogP) is 1.58. The first kappa shape index (κ1) is 11.2. The number of amides is 1. The fourth-order valence-electron chi connectivity index (χ4n) is 2.06. The van der Waals surface area contributed by atoms with Crippen molar-refractivity contribution in [3.63, 3.8) is 0 Å². The Hall–Kier alpha value is -1.88. The number of carbonyl (C=O) groups excluding carboxylic acids is 1. The number of fused-ring (bicyclic) bond motifs is 1. The first-order valence-electron chi connectivity index (χ1n) is 5.68. The number of benzene rings is 1. The second-order valence-electron chi connectivity index (χ2n) is 4.21. The van der Waals surface area contributed by atoms with E-state index in [9.17, 15) is 4.79 Å². The van der Waals surface area contributed by atoms with E-state index in [4.69, 9.17) is 11.6 Å². The summed E-state index contributed by atoms with van der Waals surface area (Å²) in [6, 6.07) is 7.68. The molecule has 2 N–H and O–H groups in total. The van der Waals surface area contributed by atoms with Gasteiger partial charge in [-0.3, -0.25) is 4.79 Å². The molecule has 6 heteroatoms. The molecular formula is C12H11ClN4O. The summed E-state index contributed by atoms with van der Waals surface area (Å²) in [4.78, 5) is 19.5. The number of para-hydroxylation sites is 1. The third-order valence-electron chi connectivity index (χ3n) is 2.89. The standard InChI is InChI=1S/C12H11ClN4O/c13-12-16-9-4-2-1-3-8(9)11(17-12)15-7-5-10(18)14-6-7/h1-4,7H,5-6H2,(H,14,18)(H,15,16,17). The predicted molar refractivity (Wildman–Crippen MR) is 69.6 cm³/mol. The number of aromatic nitrogens is 2. The highest BCUT2D eigenvalue weighted by molar-refractivity contribution is 6.28. The van der Waals surface area contributed by atoms with Crippen LogP contribution in [0.5, 0.6) is 0 Å². The lowest BCUT2D eigenvalue weighted by Crippen LogP contribution is -2.23. The quantitative estimate of drug-likeness (QED) is 0.807. The molecule has 1 fully saturated rings. The first-order chi connectivity index (χ1) is 8.72. The van der Waals surface area contributed by atoms with Gasteiger partial charge in [0, 0.05) is 18.4 Å². The molecule has 0 bridgehead atoms. The van der Waals surface area contributed by atoms with Gasteiger partial charge in [-0.2, -0.15) is 0 Å². The Labute approximate surface area is 109 Å². The molecule has 0 aliphatic carbocycles. The van der Waals surface area contributed by atoms with Gasteiger partial charge in [0.1, 0.15) is 5.82 Å². The molecule has 0 saturated carbocycles. The van der Waals surface area contributed by atoms with Crippen LogP contribution in [0.2, 0.25) is 5.28 Å². The maximum absolute atomic E-state index is 11.2. The molecule has 0 spiro atoms. The fraction of sp³-hybridized carbons (Fsp3) is 0.250. The van der Waals surface area contributed by atoms with E-state index in [-0.39, 0.29) is 17.2 Å². The van der Waals surface area contributed by atoms with Crippen LogP contribution < -0.4 is 10.6 Å². The first-order valence-corrected chi connectivity index (χ1v) is 6.06. The second kappa shape index (κ2) is 4.42. The van der Waals surface area contributed by atoms with Crippen molar-refractivity contribution < 1.29 is 4.79 Å². The highest BCUT2D eigenvalue weighted by Gasteiger charge is 2.22. The molecule has 1 saturated heterocycles. The Bertz CT molecular complexity index is 616. The number of rotatable bonds is 2. The van der Waals surface area contributed by atoms with Crippen molar-refractivity contribution >= 4 is 34.2 Å². The minimum absolute atomic E-state index is 0.0480. The summed E-state index contributed by atoms with van der Waals surface area (Å²) in [5.74, 6) is 0.726. The Morgan fingerprint density at radius 2 is 2.17 bits per heavy atom. The van der Waals surface area contributed by atoms with Crippen LogP contribution in [0.1, 0.15) is 6.42 Å². The molecule has 2 heterocycles. The summed E-state index contributed by atoms with van der Waals surface area (Å²) in [5, 5.41) is 7.12. The largest absolute Gasteiger partial charge is 0.364 e. The molecule has 1 amide bonds. The summed E-state index contributed by atoms with van der Waals surface area (Å²) in [5.41, 5.74) is 0.789. The van der Waals surface area contributed by atoms with E-state index in [2.05, 4.69) is 20.6 Å². The molecule has 18 heavy (non-hydrogen) atoms. The molecule has 1 aromatic heterocycles. The van der Waals surface area contributed by atoms with Crippen molar-refractivity contribution in [2.75, 3.05) is 11.9 Å². The Morgan fingerprint density at radius 3 is 2.94 bits per heavy atom. The van der Waals surface area contributed by atoms with Crippen LogP contribution in [0.4, 0.5) is 5.82 Å². The van der Waals surface area contributed by atoms with E-state index < -0.39 is 0 Å². The zero-order valence-corrected chi connectivity index (χ0v) is 10.2. The van der Waals surface area contributed by atoms with Gasteiger partial charge in [0.2, 0.25) is 11.2 Å². The SMILES string of the molecule is O=C1CC(Nc2nc(Cl)nc3ccccc23)CN1. The monoisotopic (exact) mass is 262 g/mol. The summed E-state index contributed by atoms with van der Waals surface area (Å²) in [7, 11) is 0. The van der Waals surface area contributed by atoms with Gasteiger partial charge >= 0.3 is 0 Å². The molecule has 1 atom stereocenters. The average Bonchev–Trinajstić information content (AvgIpc) is 2.74. The highest BCUT2D eigenvalue weighted by atomic mass is 35.5. The minimum atomic E-state index is 0.0480. The number of anilines is 1. The van der Waals surface area contributed by atoms with E-state index in [1.54, 1.807) is 0 Å². The van der Waals surface area contributed by atoms with Gasteiger partial charge in [-0.15, -0.1) is 0 Å². The molecule has 0 radical (unpaired) electrons. The van der Waals surface area contributed by atoms with Crippen LogP contribution in [-0.4, -0.2) is 28.5 Å². The molecule has 92 valence electrons. The van der Waals surface area contributed by atoms with Gasteiger partial charge < -0.3 is 10.6 Å². The fourth-order valence-corrected chi connectivity index (χ4v) is 2.23. The Morgan fingerprint density at radius 1 is 1.33 bits per heavy atom. The molecule has 2 aromatic rings. The molecule has 1 aliphatic heterocycles. The van der Waals surface area contributed by atoms with Gasteiger partial charge in [-0.25, -0.2) is 9.97 Å². The maximum atomic E-state index is 11.2. The van der Waals surface area contributed by atoms with Crippen molar-refractivity contribution in [2.45, 2.75) is 12.5 Å². The van der Waals surface area contributed by atoms with E-state index in [0.29, 0.717) is 18.8 Å². The summed E-state index contributed by atoms with van der Waals surface area (Å²) >= 11 is 5.89. The lowest BCUT2D eigenvalue weighted by molar-refractivity contribution is -0.119. The molecule has 3 rings (SSSR count). The molecule has 5 nitrogen and oxygen atoms in total. The van der Waals surface area contributed by atoms with Crippen molar-refractivity contribution in [3.8, 4) is 0 Å². The van der Waals surface area contributed by atoms with Gasteiger partial charge in [-0.1, -0.05) is 12.1 Å². The zero-order chi connectivity index (χ0) is 12.5. The van der Waals surface area contributed by atoms with Gasteiger partial charge in [-0.05, 0) is 23.7 Å². The van der Waals surface area contributed by atoms with Gasteiger partial charge in [0.15, 0.2) is 0 Å². The number of carbonyl (C=O) groups is 1. The van der Waals surface area contributed by atoms with Crippen LogP contribution in [-0.2, 0) is 4.79 Å². The number of halogens is 1. The number of nitrogens with one attached hydrogen (secondary N) is 2. The number of nitrogens with zero attached hydrogens (tertiary/aromatic N) is 2. The van der Waals surface area contributed by atoms with Crippen molar-refractivity contribution in [1.82, 2.24) is 15.3 Å². The van der Waals surface area contributed by atoms with Crippen LogP contribution in [0.15, 0.2) is 24.3 Å². The zero-order valence-electron chi connectivity index (χ0n) is 9.48. The van der Waals surface area contributed by atoms with E-state index in [1.165, 1.54) is 0 Å². The van der Waals surface area contributed by atoms with Gasteiger partial charge in [0.05, 0.1) is 11.6 Å². The van der Waals surface area contributed by atoms with Crippen LogP contribution in [0.25, 0.3) is 10.9 Å². The normalized spacial score (nSPS) is 18.9. The number of hydrogen-bond acceptors (Lipinski definition) is 4. The van der Waals surface area contributed by atoms with E-state index in [1.807, 2.05) is 24.3 Å². The smallest absolute Gasteiger partial charge is 0.224 e. The van der Waals surface area contributed by atoms with Crippen molar-refractivity contribution in [1.29, 1.82) is 0 Å². The van der Waals surface area contributed by atoms with Crippen LogP contribution in [0, 0.1) is 0 Å². The maximum Gasteiger partial charge on any atom is 0.224 e. The second-order valence-corrected chi connectivity index (χ2v) is 4.55. The number of hydrogen-bond donors (Lipinski definition) is 2. The molecule has 1 aliphatic rings. The molecule has 1 aromatic carbocycles. The Balaban J connectivity index is 1.97. The van der Waals surface area contributed by atoms with Crippen LogP contribution in [0.3, 0.4) is 0 Å². The van der Waals surface area contributed by atoms with Crippen molar-refractivity contribution in [2.24, 2.45) is 0 Å². The summed E-state index contributed by atoms with van der Waals surface area (Å²) < 4.78 is 0. The minimum Gasteiger partial charge on any atom is -0.364 e.